The predicted octanol–water partition coefficient (Wildman–Crippen LogP) is -0.318. The van der Waals surface area contributed by atoms with Crippen LogP contribution in [0.3, 0.4) is 0 Å². The Labute approximate surface area is 77.6 Å². The largest absolute Gasteiger partial charge is 0.394 e. The fourth-order valence-corrected chi connectivity index (χ4v) is 1.31. The van der Waals surface area contributed by atoms with Crippen molar-refractivity contribution in [3.05, 3.63) is 11.4 Å². The summed E-state index contributed by atoms with van der Waals surface area (Å²) in [5.41, 5.74) is 7.41. The average molecular weight is 184 g/mol. The first-order chi connectivity index (χ1) is 6.33. The van der Waals surface area contributed by atoms with Gasteiger partial charge < -0.3 is 10.8 Å². The minimum atomic E-state index is 0.0874. The Bertz CT molecular complexity index is 259. The molecule has 0 saturated heterocycles. The number of hydrogen-bond donors (Lipinski definition) is 2. The van der Waals surface area contributed by atoms with Gasteiger partial charge in [0.2, 0.25) is 0 Å². The van der Waals surface area contributed by atoms with E-state index >= 15 is 0 Å². The van der Waals surface area contributed by atoms with Gasteiger partial charge in [-0.15, -0.1) is 5.10 Å². The van der Waals surface area contributed by atoms with Gasteiger partial charge in [0.1, 0.15) is 0 Å². The molecule has 5 nitrogen and oxygen atoms in total. The maximum Gasteiger partial charge on any atom is 0.0994 e. The van der Waals surface area contributed by atoms with Crippen molar-refractivity contribution in [1.82, 2.24) is 15.0 Å². The molecule has 0 radical (unpaired) electrons. The average Bonchev–Trinajstić information content (AvgIpc) is 2.50. The Balaban J connectivity index is 2.85. The molecule has 0 aliphatic rings. The van der Waals surface area contributed by atoms with Gasteiger partial charge in [-0.3, -0.25) is 0 Å². The number of hydrogen-bond acceptors (Lipinski definition) is 4. The molecule has 1 aromatic rings. The number of aliphatic hydroxyl groups excluding tert-OH is 1. The van der Waals surface area contributed by atoms with Crippen LogP contribution in [0.1, 0.15) is 24.7 Å². The summed E-state index contributed by atoms with van der Waals surface area (Å²) >= 11 is 0. The van der Waals surface area contributed by atoms with Crippen LogP contribution in [0.4, 0.5) is 0 Å². The van der Waals surface area contributed by atoms with Crippen LogP contribution in [-0.4, -0.2) is 26.7 Å². The quantitative estimate of drug-likeness (QED) is 0.657. The third-order valence-corrected chi connectivity index (χ3v) is 1.91. The van der Waals surface area contributed by atoms with Crippen molar-refractivity contribution in [3.63, 3.8) is 0 Å². The number of rotatable bonds is 5. The Morgan fingerprint density at radius 3 is 2.85 bits per heavy atom. The molecule has 0 unspecified atom stereocenters. The fraction of sp³-hybridized carbons (Fsp3) is 0.750. The van der Waals surface area contributed by atoms with E-state index in [9.17, 15) is 0 Å². The van der Waals surface area contributed by atoms with E-state index in [1.807, 2.05) is 0 Å². The lowest BCUT2D eigenvalue weighted by molar-refractivity contribution is 0.265. The molecule has 1 aromatic heterocycles. The summed E-state index contributed by atoms with van der Waals surface area (Å²) in [6.45, 7) is 3.10. The molecule has 0 aliphatic heterocycles. The molecule has 0 saturated carbocycles. The second-order valence-corrected chi connectivity index (χ2v) is 2.88. The highest BCUT2D eigenvalue weighted by molar-refractivity contribution is 5.09. The van der Waals surface area contributed by atoms with Crippen LogP contribution < -0.4 is 5.73 Å². The number of aliphatic hydroxyl groups is 1. The van der Waals surface area contributed by atoms with Crippen LogP contribution in [0.5, 0.6) is 0 Å². The summed E-state index contributed by atoms with van der Waals surface area (Å²) in [6, 6.07) is 0. The topological polar surface area (TPSA) is 77.0 Å². The first-order valence-electron chi connectivity index (χ1n) is 4.55. The molecule has 5 heteroatoms. The molecule has 74 valence electrons. The van der Waals surface area contributed by atoms with E-state index in [1.54, 1.807) is 4.68 Å². The molecule has 0 amide bonds. The minimum absolute atomic E-state index is 0.0874. The van der Waals surface area contributed by atoms with Gasteiger partial charge in [-0.05, 0) is 6.42 Å². The maximum absolute atomic E-state index is 8.77. The third-order valence-electron chi connectivity index (χ3n) is 1.91. The normalized spacial score (nSPS) is 10.7. The summed E-state index contributed by atoms with van der Waals surface area (Å²) in [5, 5.41) is 16.6. The van der Waals surface area contributed by atoms with Gasteiger partial charge in [0.25, 0.3) is 0 Å². The molecule has 0 aromatic carbocycles. The zero-order valence-corrected chi connectivity index (χ0v) is 7.90. The molecule has 0 bridgehead atoms. The van der Waals surface area contributed by atoms with Crippen LogP contribution >= 0.6 is 0 Å². The minimum Gasteiger partial charge on any atom is -0.394 e. The molecular formula is C8H16N4O. The van der Waals surface area contributed by atoms with E-state index in [2.05, 4.69) is 17.2 Å². The molecule has 0 aliphatic carbocycles. The predicted molar refractivity (Wildman–Crippen MR) is 49.0 cm³/mol. The van der Waals surface area contributed by atoms with Crippen LogP contribution in [0.15, 0.2) is 0 Å². The van der Waals surface area contributed by atoms with Crippen molar-refractivity contribution in [2.75, 3.05) is 6.61 Å². The van der Waals surface area contributed by atoms with E-state index in [4.69, 9.17) is 10.8 Å². The summed E-state index contributed by atoms with van der Waals surface area (Å²) < 4.78 is 1.73. The van der Waals surface area contributed by atoms with Gasteiger partial charge in [0, 0.05) is 6.54 Å². The fourth-order valence-electron chi connectivity index (χ4n) is 1.31. The van der Waals surface area contributed by atoms with Gasteiger partial charge in [0.15, 0.2) is 0 Å². The first-order valence-corrected chi connectivity index (χ1v) is 4.55. The van der Waals surface area contributed by atoms with Gasteiger partial charge in [-0.1, -0.05) is 18.6 Å². The Kier molecular flexibility index (Phi) is 3.85. The molecule has 1 rings (SSSR count). The summed E-state index contributed by atoms with van der Waals surface area (Å²) in [4.78, 5) is 0. The third kappa shape index (κ3) is 2.26. The number of nitrogens with zero attached hydrogens (tertiary/aromatic N) is 3. The summed E-state index contributed by atoms with van der Waals surface area (Å²) in [5.74, 6) is 0. The maximum atomic E-state index is 8.77. The molecular weight excluding hydrogens is 168 g/mol. The van der Waals surface area contributed by atoms with Crippen LogP contribution in [0.2, 0.25) is 0 Å². The second kappa shape index (κ2) is 4.94. The van der Waals surface area contributed by atoms with E-state index in [-0.39, 0.29) is 6.61 Å². The molecule has 3 N–H and O–H groups in total. The molecule has 0 fully saturated rings. The smallest absolute Gasteiger partial charge is 0.0994 e. The van der Waals surface area contributed by atoms with Crippen molar-refractivity contribution >= 4 is 0 Å². The standard InChI is InChI=1S/C8H16N4O/c1-2-3-8-7(6-9)10-11-12(8)4-5-13/h13H,2-6,9H2,1H3. The van der Waals surface area contributed by atoms with Crippen molar-refractivity contribution in [2.24, 2.45) is 5.73 Å². The number of aromatic nitrogens is 3. The van der Waals surface area contributed by atoms with Crippen molar-refractivity contribution in [2.45, 2.75) is 32.9 Å². The lowest BCUT2D eigenvalue weighted by atomic mass is 10.2. The molecule has 1 heterocycles. The van der Waals surface area contributed by atoms with E-state index in [0.29, 0.717) is 13.1 Å². The molecule has 0 spiro atoms. The van der Waals surface area contributed by atoms with Crippen LogP contribution in [0.25, 0.3) is 0 Å². The van der Waals surface area contributed by atoms with Crippen LogP contribution in [-0.2, 0) is 19.5 Å². The highest BCUT2D eigenvalue weighted by atomic mass is 16.3. The van der Waals surface area contributed by atoms with E-state index in [0.717, 1.165) is 24.2 Å². The SMILES string of the molecule is CCCc1c(CN)nnn1CCO. The molecule has 0 atom stereocenters. The van der Waals surface area contributed by atoms with Crippen molar-refractivity contribution in [3.8, 4) is 0 Å². The first kappa shape index (κ1) is 10.1. The van der Waals surface area contributed by atoms with Crippen molar-refractivity contribution < 1.29 is 5.11 Å². The zero-order chi connectivity index (χ0) is 9.68. The van der Waals surface area contributed by atoms with Crippen LogP contribution in [0, 0.1) is 0 Å². The Morgan fingerprint density at radius 2 is 2.31 bits per heavy atom. The van der Waals surface area contributed by atoms with E-state index in [1.165, 1.54) is 0 Å². The lowest BCUT2D eigenvalue weighted by Gasteiger charge is -2.03. The highest BCUT2D eigenvalue weighted by Crippen LogP contribution is 2.07. The van der Waals surface area contributed by atoms with E-state index < -0.39 is 0 Å². The van der Waals surface area contributed by atoms with Gasteiger partial charge in [-0.25, -0.2) is 4.68 Å². The highest BCUT2D eigenvalue weighted by Gasteiger charge is 2.09. The Morgan fingerprint density at radius 1 is 1.54 bits per heavy atom. The van der Waals surface area contributed by atoms with Gasteiger partial charge in [-0.2, -0.15) is 0 Å². The summed E-state index contributed by atoms with van der Waals surface area (Å²) in [6.07, 6.45) is 1.95. The van der Waals surface area contributed by atoms with Gasteiger partial charge >= 0.3 is 0 Å². The second-order valence-electron chi connectivity index (χ2n) is 2.88. The lowest BCUT2D eigenvalue weighted by Crippen LogP contribution is -2.10. The number of nitrogens with two attached hydrogens (primary N) is 1. The van der Waals surface area contributed by atoms with Gasteiger partial charge in [0.05, 0.1) is 24.5 Å². The zero-order valence-electron chi connectivity index (χ0n) is 7.90. The summed E-state index contributed by atoms with van der Waals surface area (Å²) in [7, 11) is 0. The monoisotopic (exact) mass is 184 g/mol. The van der Waals surface area contributed by atoms with Crippen molar-refractivity contribution in [1.29, 1.82) is 0 Å². The molecule has 13 heavy (non-hydrogen) atoms. The Hall–Kier alpha value is -0.940.